The van der Waals surface area contributed by atoms with Crippen LogP contribution in [0.2, 0.25) is 0 Å². The zero-order valence-electron chi connectivity index (χ0n) is 18.2. The van der Waals surface area contributed by atoms with Gasteiger partial charge in [0.15, 0.2) is 5.60 Å². The number of ether oxygens (including phenoxy) is 2. The average molecular weight is 434 g/mol. The summed E-state index contributed by atoms with van der Waals surface area (Å²) in [5, 5.41) is 2.11. The van der Waals surface area contributed by atoms with Gasteiger partial charge < -0.3 is 14.4 Å². The normalized spacial score (nSPS) is 20.7. The highest BCUT2D eigenvalue weighted by molar-refractivity contribution is 5.99. The van der Waals surface area contributed by atoms with E-state index in [0.29, 0.717) is 5.56 Å². The lowest BCUT2D eigenvalue weighted by molar-refractivity contribution is 0.0225. The third-order valence-corrected chi connectivity index (χ3v) is 7.31. The Bertz CT molecular complexity index is 1440. The number of benzene rings is 4. The molecule has 3 aliphatic rings. The fraction of sp³-hybridized carbons (Fsp3) is 0.207. The molecule has 33 heavy (non-hydrogen) atoms. The molecule has 0 radical (unpaired) electrons. The molecule has 4 aromatic carbocycles. The molecule has 1 unspecified atom stereocenters. The molecular formula is C29H23NO3. The van der Waals surface area contributed by atoms with E-state index >= 15 is 0 Å². The smallest absolute Gasteiger partial charge is 0.340 e. The summed E-state index contributed by atoms with van der Waals surface area (Å²) in [5.41, 5.74) is 3.39. The van der Waals surface area contributed by atoms with Crippen molar-refractivity contribution in [1.29, 1.82) is 0 Å². The van der Waals surface area contributed by atoms with E-state index in [-0.39, 0.29) is 5.97 Å². The van der Waals surface area contributed by atoms with Crippen LogP contribution in [0.5, 0.6) is 11.5 Å². The molecule has 0 amide bonds. The second kappa shape index (κ2) is 6.85. The van der Waals surface area contributed by atoms with E-state index < -0.39 is 5.60 Å². The summed E-state index contributed by atoms with van der Waals surface area (Å²) in [4.78, 5) is 15.5. The minimum atomic E-state index is -1.01. The van der Waals surface area contributed by atoms with Crippen LogP contribution in [0.4, 0.5) is 5.69 Å². The number of carbonyl (C=O) groups is 1. The third kappa shape index (κ3) is 2.55. The fourth-order valence-corrected chi connectivity index (χ4v) is 5.74. The summed E-state index contributed by atoms with van der Waals surface area (Å²) >= 11 is 0. The first-order valence-electron chi connectivity index (χ1n) is 11.7. The lowest BCUT2D eigenvalue weighted by Crippen LogP contribution is -2.34. The van der Waals surface area contributed by atoms with Crippen molar-refractivity contribution in [2.75, 3.05) is 18.0 Å². The molecule has 7 rings (SSSR count). The predicted octanol–water partition coefficient (Wildman–Crippen LogP) is 6.40. The number of hydrogen-bond acceptors (Lipinski definition) is 4. The molecule has 1 saturated heterocycles. The largest absolute Gasteiger partial charge is 0.456 e. The van der Waals surface area contributed by atoms with Crippen LogP contribution >= 0.6 is 0 Å². The van der Waals surface area contributed by atoms with Crippen LogP contribution in [0.15, 0.2) is 78.9 Å². The second-order valence-electron chi connectivity index (χ2n) is 9.11. The maximum atomic E-state index is 13.1. The van der Waals surface area contributed by atoms with Crippen molar-refractivity contribution in [1.82, 2.24) is 0 Å². The quantitative estimate of drug-likeness (QED) is 0.326. The van der Waals surface area contributed by atoms with Gasteiger partial charge in [0.05, 0.1) is 5.56 Å². The van der Waals surface area contributed by atoms with Crippen LogP contribution in [-0.4, -0.2) is 19.1 Å². The van der Waals surface area contributed by atoms with Gasteiger partial charge in [0.2, 0.25) is 0 Å². The van der Waals surface area contributed by atoms with Crippen molar-refractivity contribution in [3.63, 3.8) is 0 Å². The number of fused-ring (bicyclic) bond motifs is 8. The van der Waals surface area contributed by atoms with Crippen LogP contribution in [0.1, 0.15) is 46.3 Å². The molecule has 162 valence electrons. The number of esters is 1. The highest BCUT2D eigenvalue weighted by Crippen LogP contribution is 2.57. The Hall–Kier alpha value is -3.79. The summed E-state index contributed by atoms with van der Waals surface area (Å²) < 4.78 is 13.0. The van der Waals surface area contributed by atoms with Crippen LogP contribution in [0.3, 0.4) is 0 Å². The third-order valence-electron chi connectivity index (χ3n) is 7.31. The zero-order valence-corrected chi connectivity index (χ0v) is 18.2. The first kappa shape index (κ1) is 18.8. The number of piperidine rings is 1. The fourth-order valence-electron chi connectivity index (χ4n) is 5.74. The van der Waals surface area contributed by atoms with Gasteiger partial charge in [-0.3, -0.25) is 0 Å². The maximum Gasteiger partial charge on any atom is 0.340 e. The molecule has 1 atom stereocenters. The first-order chi connectivity index (χ1) is 16.3. The van der Waals surface area contributed by atoms with E-state index in [0.717, 1.165) is 57.7 Å². The molecule has 4 heteroatoms. The molecule has 1 fully saturated rings. The first-order valence-corrected chi connectivity index (χ1v) is 11.7. The molecule has 3 aliphatic heterocycles. The highest BCUT2D eigenvalue weighted by Gasteiger charge is 2.53. The summed E-state index contributed by atoms with van der Waals surface area (Å²) in [6.07, 6.45) is 3.70. The van der Waals surface area contributed by atoms with E-state index in [1.807, 2.05) is 36.4 Å². The second-order valence-corrected chi connectivity index (χ2v) is 9.11. The SMILES string of the molecule is O=C1OC2(c3ccc(N4CCCCC4)cc3Oc3c2ccc2ccccc32)c2ccccc21. The van der Waals surface area contributed by atoms with Crippen LogP contribution < -0.4 is 9.64 Å². The summed E-state index contributed by atoms with van der Waals surface area (Å²) in [5.74, 6) is 1.23. The van der Waals surface area contributed by atoms with Crippen molar-refractivity contribution in [2.24, 2.45) is 0 Å². The highest BCUT2D eigenvalue weighted by atomic mass is 16.6. The number of rotatable bonds is 1. The van der Waals surface area contributed by atoms with Crippen LogP contribution in [0, 0.1) is 0 Å². The van der Waals surface area contributed by atoms with Gasteiger partial charge in [-0.05, 0) is 48.9 Å². The Balaban J connectivity index is 1.52. The van der Waals surface area contributed by atoms with Gasteiger partial charge in [-0.25, -0.2) is 4.79 Å². The Kier molecular flexibility index (Phi) is 3.89. The predicted molar refractivity (Wildman–Crippen MR) is 128 cm³/mol. The molecule has 3 heterocycles. The number of nitrogens with zero attached hydrogens (tertiary/aromatic N) is 1. The van der Waals surface area contributed by atoms with Gasteiger partial charge in [-0.15, -0.1) is 0 Å². The average Bonchev–Trinajstić information content (AvgIpc) is 3.17. The standard InChI is InChI=1S/C29H23NO3/c31-28-22-10-4-5-11-23(22)29(33-28)24-15-13-20(30-16-6-1-7-17-30)18-26(24)32-27-21-9-3-2-8-19(21)12-14-25(27)29/h2-5,8-15,18H,1,6-7,16-17H2. The van der Waals surface area contributed by atoms with E-state index in [1.165, 1.54) is 19.3 Å². The number of anilines is 1. The lowest BCUT2D eigenvalue weighted by atomic mass is 9.77. The summed E-state index contributed by atoms with van der Waals surface area (Å²) in [7, 11) is 0. The zero-order chi connectivity index (χ0) is 22.0. The molecule has 1 spiro atoms. The topological polar surface area (TPSA) is 38.8 Å². The minimum Gasteiger partial charge on any atom is -0.456 e. The van der Waals surface area contributed by atoms with E-state index in [4.69, 9.17) is 9.47 Å². The Morgan fingerprint density at radius 3 is 2.45 bits per heavy atom. The molecule has 0 saturated carbocycles. The maximum absolute atomic E-state index is 13.1. The molecule has 0 N–H and O–H groups in total. The van der Waals surface area contributed by atoms with Crippen molar-refractivity contribution < 1.29 is 14.3 Å². The molecule has 4 aromatic rings. The van der Waals surface area contributed by atoms with E-state index in [9.17, 15) is 4.79 Å². The van der Waals surface area contributed by atoms with Crippen molar-refractivity contribution in [3.05, 3.63) is 101 Å². The molecular weight excluding hydrogens is 410 g/mol. The Labute approximate surface area is 192 Å². The van der Waals surface area contributed by atoms with Crippen molar-refractivity contribution in [3.8, 4) is 11.5 Å². The van der Waals surface area contributed by atoms with Crippen LogP contribution in [0.25, 0.3) is 10.8 Å². The number of carbonyl (C=O) groups excluding carboxylic acids is 1. The Morgan fingerprint density at radius 1 is 0.758 bits per heavy atom. The molecule has 0 aromatic heterocycles. The summed E-state index contributed by atoms with van der Waals surface area (Å²) in [6.45, 7) is 2.11. The van der Waals surface area contributed by atoms with Gasteiger partial charge in [0, 0.05) is 46.9 Å². The minimum absolute atomic E-state index is 0.294. The van der Waals surface area contributed by atoms with Gasteiger partial charge in [0.1, 0.15) is 11.5 Å². The monoisotopic (exact) mass is 433 g/mol. The van der Waals surface area contributed by atoms with Gasteiger partial charge in [-0.2, -0.15) is 0 Å². The van der Waals surface area contributed by atoms with Crippen molar-refractivity contribution in [2.45, 2.75) is 24.9 Å². The molecule has 0 bridgehead atoms. The lowest BCUT2D eigenvalue weighted by Gasteiger charge is -2.38. The van der Waals surface area contributed by atoms with E-state index in [1.54, 1.807) is 0 Å². The summed E-state index contributed by atoms with van der Waals surface area (Å²) in [6, 6.07) is 26.4. The van der Waals surface area contributed by atoms with E-state index in [2.05, 4.69) is 47.4 Å². The molecule has 0 aliphatic carbocycles. The molecule has 4 nitrogen and oxygen atoms in total. The van der Waals surface area contributed by atoms with Gasteiger partial charge >= 0.3 is 5.97 Å². The Morgan fingerprint density at radius 2 is 1.55 bits per heavy atom. The van der Waals surface area contributed by atoms with Gasteiger partial charge in [-0.1, -0.05) is 48.5 Å². The van der Waals surface area contributed by atoms with Gasteiger partial charge in [0.25, 0.3) is 0 Å². The van der Waals surface area contributed by atoms with Crippen LogP contribution in [-0.2, 0) is 10.3 Å². The number of hydrogen-bond donors (Lipinski definition) is 0. The van der Waals surface area contributed by atoms with Crippen molar-refractivity contribution >= 4 is 22.4 Å².